The standard InChI is InChI=1S/C21H32O2/c1-3-4-5-6-7-8-9-10-11-12-13-14-15-16-17-18-19-20-21(22)23-2/h3-12H,13-20H2,1-2H3/b4-3+,6-5+,8-7+,10-9+,12-11+. The van der Waals surface area contributed by atoms with Crippen molar-refractivity contribution in [2.75, 3.05) is 7.11 Å². The van der Waals surface area contributed by atoms with Gasteiger partial charge in [0.1, 0.15) is 0 Å². The van der Waals surface area contributed by atoms with E-state index >= 15 is 0 Å². The van der Waals surface area contributed by atoms with Crippen LogP contribution in [0, 0.1) is 0 Å². The maximum absolute atomic E-state index is 10.9. The highest BCUT2D eigenvalue weighted by Crippen LogP contribution is 2.09. The minimum atomic E-state index is -0.0909. The average Bonchev–Trinajstić information content (AvgIpc) is 2.57. The average molecular weight is 316 g/mol. The van der Waals surface area contributed by atoms with Gasteiger partial charge in [-0.15, -0.1) is 0 Å². The lowest BCUT2D eigenvalue weighted by Gasteiger charge is -2.00. The third-order valence-corrected chi connectivity index (χ3v) is 3.34. The fraction of sp³-hybridized carbons (Fsp3) is 0.476. The second kappa shape index (κ2) is 18.2. The molecular weight excluding hydrogens is 284 g/mol. The van der Waals surface area contributed by atoms with Crippen LogP contribution < -0.4 is 0 Å². The fourth-order valence-corrected chi connectivity index (χ4v) is 2.01. The number of hydrogen-bond donors (Lipinski definition) is 0. The van der Waals surface area contributed by atoms with Gasteiger partial charge in [-0.25, -0.2) is 0 Å². The Bertz CT molecular complexity index is 412. The zero-order valence-corrected chi connectivity index (χ0v) is 14.7. The highest BCUT2D eigenvalue weighted by molar-refractivity contribution is 5.68. The molecule has 0 aromatic rings. The van der Waals surface area contributed by atoms with E-state index in [2.05, 4.69) is 23.0 Å². The summed E-state index contributed by atoms with van der Waals surface area (Å²) in [6.45, 7) is 2.00. The molecule has 0 unspecified atom stereocenters. The maximum Gasteiger partial charge on any atom is 0.305 e. The van der Waals surface area contributed by atoms with Gasteiger partial charge in [-0.05, 0) is 26.2 Å². The lowest BCUT2D eigenvalue weighted by atomic mass is 10.1. The largest absolute Gasteiger partial charge is 0.469 e. The maximum atomic E-state index is 10.9. The molecule has 0 N–H and O–H groups in total. The fourth-order valence-electron chi connectivity index (χ4n) is 2.01. The van der Waals surface area contributed by atoms with Gasteiger partial charge in [-0.3, -0.25) is 4.79 Å². The molecule has 0 rings (SSSR count). The first kappa shape index (κ1) is 21.2. The molecular formula is C21H32O2. The van der Waals surface area contributed by atoms with E-state index in [1.165, 1.54) is 32.8 Å². The Morgan fingerprint density at radius 3 is 1.87 bits per heavy atom. The van der Waals surface area contributed by atoms with Crippen molar-refractivity contribution in [1.82, 2.24) is 0 Å². The molecule has 128 valence electrons. The molecule has 0 aliphatic rings. The summed E-state index contributed by atoms with van der Waals surface area (Å²) in [5.41, 5.74) is 0. The van der Waals surface area contributed by atoms with E-state index in [9.17, 15) is 4.79 Å². The van der Waals surface area contributed by atoms with Crippen molar-refractivity contribution < 1.29 is 9.53 Å². The molecule has 0 aromatic carbocycles. The van der Waals surface area contributed by atoms with Gasteiger partial charge >= 0.3 is 5.97 Å². The van der Waals surface area contributed by atoms with E-state index in [1.54, 1.807) is 0 Å². The van der Waals surface area contributed by atoms with E-state index < -0.39 is 0 Å². The van der Waals surface area contributed by atoms with Crippen LogP contribution >= 0.6 is 0 Å². The molecule has 0 radical (unpaired) electrons. The lowest BCUT2D eigenvalue weighted by Crippen LogP contribution is -1.99. The van der Waals surface area contributed by atoms with Crippen molar-refractivity contribution in [2.24, 2.45) is 0 Å². The van der Waals surface area contributed by atoms with Crippen molar-refractivity contribution >= 4 is 5.97 Å². The van der Waals surface area contributed by atoms with Crippen molar-refractivity contribution in [1.29, 1.82) is 0 Å². The first-order valence-corrected chi connectivity index (χ1v) is 8.66. The molecule has 2 nitrogen and oxygen atoms in total. The minimum Gasteiger partial charge on any atom is -0.469 e. The quantitative estimate of drug-likeness (QED) is 0.234. The smallest absolute Gasteiger partial charge is 0.305 e. The van der Waals surface area contributed by atoms with E-state index in [0.717, 1.165) is 19.3 Å². The van der Waals surface area contributed by atoms with Crippen LogP contribution in [0.4, 0.5) is 0 Å². The van der Waals surface area contributed by atoms with Crippen molar-refractivity contribution in [3.8, 4) is 0 Å². The predicted molar refractivity (Wildman–Crippen MR) is 100 cm³/mol. The van der Waals surface area contributed by atoms with Gasteiger partial charge in [0.05, 0.1) is 7.11 Å². The summed E-state index contributed by atoms with van der Waals surface area (Å²) in [6, 6.07) is 0. The van der Waals surface area contributed by atoms with E-state index in [4.69, 9.17) is 0 Å². The van der Waals surface area contributed by atoms with Crippen LogP contribution in [-0.2, 0) is 9.53 Å². The topological polar surface area (TPSA) is 26.3 Å². The Kier molecular flexibility index (Phi) is 16.8. The van der Waals surface area contributed by atoms with Crippen molar-refractivity contribution in [3.05, 3.63) is 60.8 Å². The Morgan fingerprint density at radius 2 is 1.26 bits per heavy atom. The van der Waals surface area contributed by atoms with Gasteiger partial charge in [0.2, 0.25) is 0 Å². The lowest BCUT2D eigenvalue weighted by molar-refractivity contribution is -0.140. The Hall–Kier alpha value is -1.83. The third kappa shape index (κ3) is 18.1. The molecule has 0 aliphatic carbocycles. The van der Waals surface area contributed by atoms with Gasteiger partial charge in [-0.1, -0.05) is 86.4 Å². The van der Waals surface area contributed by atoms with Gasteiger partial charge in [-0.2, -0.15) is 0 Å². The van der Waals surface area contributed by atoms with Crippen LogP contribution in [0.25, 0.3) is 0 Å². The number of ether oxygens (including phenoxy) is 1. The second-order valence-electron chi connectivity index (χ2n) is 5.34. The van der Waals surface area contributed by atoms with Gasteiger partial charge in [0, 0.05) is 6.42 Å². The SMILES string of the molecule is C/C=C/C=C/C=C/C=C/C=C/CCCCCCCCC(=O)OC. The Labute approximate surface area is 142 Å². The third-order valence-electron chi connectivity index (χ3n) is 3.34. The molecule has 0 aliphatic heterocycles. The molecule has 0 saturated heterocycles. The van der Waals surface area contributed by atoms with Gasteiger partial charge < -0.3 is 4.74 Å². The minimum absolute atomic E-state index is 0.0909. The predicted octanol–water partition coefficient (Wildman–Crippen LogP) is 6.08. The van der Waals surface area contributed by atoms with Crippen molar-refractivity contribution in [2.45, 2.75) is 58.3 Å². The first-order valence-electron chi connectivity index (χ1n) is 8.66. The number of rotatable bonds is 13. The number of carbonyl (C=O) groups is 1. The number of unbranched alkanes of at least 4 members (excludes halogenated alkanes) is 6. The van der Waals surface area contributed by atoms with Crippen molar-refractivity contribution in [3.63, 3.8) is 0 Å². The summed E-state index contributed by atoms with van der Waals surface area (Å²) in [4.78, 5) is 10.9. The Balaban J connectivity index is 3.39. The summed E-state index contributed by atoms with van der Waals surface area (Å²) in [5, 5.41) is 0. The summed E-state index contributed by atoms with van der Waals surface area (Å²) in [5.74, 6) is -0.0909. The van der Waals surface area contributed by atoms with E-state index in [0.29, 0.717) is 6.42 Å². The second-order valence-corrected chi connectivity index (χ2v) is 5.34. The van der Waals surface area contributed by atoms with Gasteiger partial charge in [0.15, 0.2) is 0 Å². The van der Waals surface area contributed by atoms with Crippen LogP contribution in [0.3, 0.4) is 0 Å². The molecule has 0 aromatic heterocycles. The number of allylic oxidation sites excluding steroid dienone is 10. The molecule has 0 saturated carbocycles. The number of methoxy groups -OCH3 is 1. The normalized spacial score (nSPS) is 12.6. The first-order chi connectivity index (χ1) is 11.3. The number of carbonyl (C=O) groups excluding carboxylic acids is 1. The highest BCUT2D eigenvalue weighted by atomic mass is 16.5. The van der Waals surface area contributed by atoms with Crippen LogP contribution in [0.5, 0.6) is 0 Å². The van der Waals surface area contributed by atoms with Crippen LogP contribution in [0.2, 0.25) is 0 Å². The molecule has 0 bridgehead atoms. The summed E-state index contributed by atoms with van der Waals surface area (Å²) < 4.78 is 4.62. The van der Waals surface area contributed by atoms with Crippen LogP contribution in [0.1, 0.15) is 58.3 Å². The van der Waals surface area contributed by atoms with E-state index in [-0.39, 0.29) is 5.97 Å². The summed E-state index contributed by atoms with van der Waals surface area (Å²) in [6.07, 6.45) is 29.3. The zero-order chi connectivity index (χ0) is 17.0. The summed E-state index contributed by atoms with van der Waals surface area (Å²) >= 11 is 0. The van der Waals surface area contributed by atoms with Gasteiger partial charge in [0.25, 0.3) is 0 Å². The molecule has 0 fully saturated rings. The van der Waals surface area contributed by atoms with Crippen LogP contribution in [-0.4, -0.2) is 13.1 Å². The summed E-state index contributed by atoms with van der Waals surface area (Å²) in [7, 11) is 1.45. The number of esters is 1. The number of hydrogen-bond acceptors (Lipinski definition) is 2. The monoisotopic (exact) mass is 316 g/mol. The molecule has 23 heavy (non-hydrogen) atoms. The van der Waals surface area contributed by atoms with Crippen LogP contribution in [0.15, 0.2) is 60.8 Å². The highest BCUT2D eigenvalue weighted by Gasteiger charge is 1.98. The molecule has 0 heterocycles. The molecule has 2 heteroatoms. The Morgan fingerprint density at radius 1 is 0.739 bits per heavy atom. The molecule has 0 atom stereocenters. The molecule has 0 spiro atoms. The zero-order valence-electron chi connectivity index (χ0n) is 14.7. The molecule has 0 amide bonds. The van der Waals surface area contributed by atoms with E-state index in [1.807, 2.05) is 49.5 Å².